The second kappa shape index (κ2) is 7.17. The molecule has 0 spiro atoms. The zero-order chi connectivity index (χ0) is 15.3. The Morgan fingerprint density at radius 3 is 2.57 bits per heavy atom. The normalized spacial score (nSPS) is 23.0. The van der Waals surface area contributed by atoms with Crippen molar-refractivity contribution in [1.29, 1.82) is 0 Å². The van der Waals surface area contributed by atoms with E-state index in [1.54, 1.807) is 0 Å². The zero-order valence-electron chi connectivity index (χ0n) is 12.7. The van der Waals surface area contributed by atoms with Crippen LogP contribution in [0.1, 0.15) is 46.0 Å². The summed E-state index contributed by atoms with van der Waals surface area (Å²) in [6.07, 6.45) is 7.94. The zero-order valence-corrected chi connectivity index (χ0v) is 13.5. The third kappa shape index (κ3) is 4.38. The summed E-state index contributed by atoms with van der Waals surface area (Å²) >= 11 is 0. The summed E-state index contributed by atoms with van der Waals surface area (Å²) in [4.78, 5) is 8.16. The lowest BCUT2D eigenvalue weighted by Gasteiger charge is -2.28. The standard InChI is InChI=1S/C14H24N4O2S/c1-3-11-6-5-7-12(8-11)18-21(19,20)13-9-16-14(15-4-2)17-10-13/h9-12,18H,3-8H2,1-2H3,(H,15,16,17). The van der Waals surface area contributed by atoms with Gasteiger partial charge in [-0.1, -0.05) is 26.2 Å². The molecule has 0 aliphatic heterocycles. The lowest BCUT2D eigenvalue weighted by Crippen LogP contribution is -2.38. The minimum Gasteiger partial charge on any atom is -0.355 e. The number of rotatable bonds is 6. The van der Waals surface area contributed by atoms with Crippen LogP contribution in [-0.4, -0.2) is 31.0 Å². The van der Waals surface area contributed by atoms with Crippen molar-refractivity contribution in [3.63, 3.8) is 0 Å². The molecule has 1 aromatic heterocycles. The van der Waals surface area contributed by atoms with Crippen LogP contribution in [0, 0.1) is 5.92 Å². The average molecular weight is 312 g/mol. The molecule has 1 aliphatic rings. The Bertz CT molecular complexity index is 545. The molecular formula is C14H24N4O2S. The number of nitrogens with zero attached hydrogens (tertiary/aromatic N) is 2. The molecule has 0 saturated heterocycles. The third-order valence-corrected chi connectivity index (χ3v) is 5.43. The number of hydrogen-bond acceptors (Lipinski definition) is 5. The maximum Gasteiger partial charge on any atom is 0.243 e. The van der Waals surface area contributed by atoms with Crippen LogP contribution in [0.25, 0.3) is 0 Å². The van der Waals surface area contributed by atoms with Gasteiger partial charge in [-0.2, -0.15) is 0 Å². The molecule has 21 heavy (non-hydrogen) atoms. The van der Waals surface area contributed by atoms with Crippen LogP contribution in [0.3, 0.4) is 0 Å². The van der Waals surface area contributed by atoms with E-state index >= 15 is 0 Å². The smallest absolute Gasteiger partial charge is 0.243 e. The predicted molar refractivity (Wildman–Crippen MR) is 82.6 cm³/mol. The van der Waals surface area contributed by atoms with Crippen molar-refractivity contribution in [3.05, 3.63) is 12.4 Å². The van der Waals surface area contributed by atoms with E-state index in [1.165, 1.54) is 18.8 Å². The molecule has 2 N–H and O–H groups in total. The van der Waals surface area contributed by atoms with Gasteiger partial charge in [-0.15, -0.1) is 0 Å². The second-order valence-corrected chi connectivity index (χ2v) is 7.25. The largest absolute Gasteiger partial charge is 0.355 e. The van der Waals surface area contributed by atoms with E-state index in [4.69, 9.17) is 0 Å². The minimum absolute atomic E-state index is 0.0298. The van der Waals surface area contributed by atoms with Crippen LogP contribution in [0.2, 0.25) is 0 Å². The van der Waals surface area contributed by atoms with Gasteiger partial charge in [0.1, 0.15) is 4.90 Å². The topological polar surface area (TPSA) is 84.0 Å². The molecule has 1 heterocycles. The van der Waals surface area contributed by atoms with E-state index < -0.39 is 10.0 Å². The fourth-order valence-electron chi connectivity index (χ4n) is 2.76. The van der Waals surface area contributed by atoms with Gasteiger partial charge in [0, 0.05) is 12.6 Å². The molecule has 1 aliphatic carbocycles. The summed E-state index contributed by atoms with van der Waals surface area (Å²) in [5, 5.41) is 2.94. The van der Waals surface area contributed by atoms with Gasteiger partial charge in [0.2, 0.25) is 16.0 Å². The summed E-state index contributed by atoms with van der Waals surface area (Å²) in [5.74, 6) is 1.07. The first-order valence-electron chi connectivity index (χ1n) is 7.63. The molecule has 0 bridgehead atoms. The van der Waals surface area contributed by atoms with Crippen molar-refractivity contribution < 1.29 is 8.42 Å². The molecule has 0 radical (unpaired) electrons. The first-order chi connectivity index (χ1) is 10.0. The fraction of sp³-hybridized carbons (Fsp3) is 0.714. The SMILES string of the molecule is CCNc1ncc(S(=O)(=O)NC2CCCC(CC)C2)cn1. The molecule has 1 saturated carbocycles. The van der Waals surface area contributed by atoms with Gasteiger partial charge in [-0.05, 0) is 25.7 Å². The van der Waals surface area contributed by atoms with Crippen molar-refractivity contribution in [1.82, 2.24) is 14.7 Å². The molecule has 7 heteroatoms. The predicted octanol–water partition coefficient (Wildman–Crippen LogP) is 2.16. The van der Waals surface area contributed by atoms with Gasteiger partial charge in [-0.3, -0.25) is 0 Å². The Balaban J connectivity index is 2.03. The first kappa shape index (κ1) is 16.2. The molecule has 0 amide bonds. The lowest BCUT2D eigenvalue weighted by atomic mass is 9.85. The van der Waals surface area contributed by atoms with Gasteiger partial charge >= 0.3 is 0 Å². The molecule has 2 rings (SSSR count). The van der Waals surface area contributed by atoms with Crippen molar-refractivity contribution in [2.24, 2.45) is 5.92 Å². The van der Waals surface area contributed by atoms with E-state index in [-0.39, 0.29) is 10.9 Å². The summed E-state index contributed by atoms with van der Waals surface area (Å²) in [7, 11) is -3.53. The quantitative estimate of drug-likeness (QED) is 0.841. The number of nitrogens with one attached hydrogen (secondary N) is 2. The fourth-order valence-corrected chi connectivity index (χ4v) is 3.93. The highest BCUT2D eigenvalue weighted by Gasteiger charge is 2.26. The first-order valence-corrected chi connectivity index (χ1v) is 9.11. The summed E-state index contributed by atoms with van der Waals surface area (Å²) in [6.45, 7) is 4.79. The highest BCUT2D eigenvalue weighted by Crippen LogP contribution is 2.27. The van der Waals surface area contributed by atoms with E-state index in [0.29, 0.717) is 18.4 Å². The van der Waals surface area contributed by atoms with E-state index in [9.17, 15) is 8.42 Å². The number of hydrogen-bond donors (Lipinski definition) is 2. The molecule has 0 aromatic carbocycles. The van der Waals surface area contributed by atoms with Gasteiger partial charge in [-0.25, -0.2) is 23.1 Å². The molecule has 2 unspecified atom stereocenters. The number of aromatic nitrogens is 2. The van der Waals surface area contributed by atoms with Gasteiger partial charge in [0.05, 0.1) is 12.4 Å². The lowest BCUT2D eigenvalue weighted by molar-refractivity contribution is 0.301. The maximum absolute atomic E-state index is 12.4. The minimum atomic E-state index is -3.53. The van der Waals surface area contributed by atoms with Gasteiger partial charge < -0.3 is 5.32 Å². The highest BCUT2D eigenvalue weighted by molar-refractivity contribution is 7.89. The van der Waals surface area contributed by atoms with Gasteiger partial charge in [0.15, 0.2) is 0 Å². The van der Waals surface area contributed by atoms with E-state index in [1.807, 2.05) is 6.92 Å². The Kier molecular flexibility index (Phi) is 5.52. The Labute approximate surface area is 126 Å². The van der Waals surface area contributed by atoms with Crippen LogP contribution in [0.5, 0.6) is 0 Å². The van der Waals surface area contributed by atoms with E-state index in [2.05, 4.69) is 26.9 Å². The number of sulfonamides is 1. The van der Waals surface area contributed by atoms with Crippen molar-refractivity contribution in [3.8, 4) is 0 Å². The van der Waals surface area contributed by atoms with Crippen molar-refractivity contribution in [2.45, 2.75) is 56.9 Å². The van der Waals surface area contributed by atoms with Gasteiger partial charge in [0.25, 0.3) is 0 Å². The molecule has 1 fully saturated rings. The Morgan fingerprint density at radius 1 is 1.24 bits per heavy atom. The Hall–Kier alpha value is -1.21. The van der Waals surface area contributed by atoms with Crippen LogP contribution < -0.4 is 10.0 Å². The van der Waals surface area contributed by atoms with Crippen LogP contribution in [0.15, 0.2) is 17.3 Å². The molecule has 2 atom stereocenters. The highest BCUT2D eigenvalue weighted by atomic mass is 32.2. The average Bonchev–Trinajstić information content (AvgIpc) is 2.48. The maximum atomic E-state index is 12.4. The monoisotopic (exact) mass is 312 g/mol. The molecule has 118 valence electrons. The molecular weight excluding hydrogens is 288 g/mol. The van der Waals surface area contributed by atoms with Crippen molar-refractivity contribution >= 4 is 16.0 Å². The summed E-state index contributed by atoms with van der Waals surface area (Å²) < 4.78 is 27.5. The number of anilines is 1. The summed E-state index contributed by atoms with van der Waals surface area (Å²) in [6, 6.07) is 0.0298. The van der Waals surface area contributed by atoms with Crippen LogP contribution in [0.4, 0.5) is 5.95 Å². The Morgan fingerprint density at radius 2 is 1.95 bits per heavy atom. The van der Waals surface area contributed by atoms with E-state index in [0.717, 1.165) is 25.7 Å². The van der Waals surface area contributed by atoms with Crippen LogP contribution in [-0.2, 0) is 10.0 Å². The molecule has 1 aromatic rings. The van der Waals surface area contributed by atoms with Crippen LogP contribution >= 0.6 is 0 Å². The van der Waals surface area contributed by atoms with Crippen molar-refractivity contribution in [2.75, 3.05) is 11.9 Å². The second-order valence-electron chi connectivity index (χ2n) is 5.53. The summed E-state index contributed by atoms with van der Waals surface area (Å²) in [5.41, 5.74) is 0. The third-order valence-electron chi connectivity index (χ3n) is 3.96. The molecule has 6 nitrogen and oxygen atoms in total.